The lowest BCUT2D eigenvalue weighted by molar-refractivity contribution is 0.0747. The van der Waals surface area contributed by atoms with Gasteiger partial charge in [0.15, 0.2) is 0 Å². The monoisotopic (exact) mass is 372 g/mol. The molecule has 1 aliphatic heterocycles. The van der Waals surface area contributed by atoms with Crippen LogP contribution in [0.25, 0.3) is 0 Å². The number of amides is 1. The Morgan fingerprint density at radius 3 is 2.14 bits per heavy atom. The number of nitrogens with zero attached hydrogens (tertiary/aromatic N) is 5. The van der Waals surface area contributed by atoms with E-state index in [1.165, 1.54) is 0 Å². The highest BCUT2D eigenvalue weighted by Gasteiger charge is 2.22. The molecular weight excluding hydrogens is 352 g/mol. The summed E-state index contributed by atoms with van der Waals surface area (Å²) in [6, 6.07) is 18.7. The van der Waals surface area contributed by atoms with Crippen LogP contribution >= 0.6 is 0 Å². The molecule has 0 bridgehead atoms. The fourth-order valence-electron chi connectivity index (χ4n) is 2.99. The zero-order chi connectivity index (χ0) is 19.9. The van der Waals surface area contributed by atoms with Gasteiger partial charge in [0.05, 0.1) is 5.69 Å². The summed E-state index contributed by atoms with van der Waals surface area (Å²) in [7, 11) is 0. The Morgan fingerprint density at radius 1 is 0.964 bits per heavy atom. The number of nitrogens with one attached hydrogen (secondary N) is 1. The van der Waals surface area contributed by atoms with Gasteiger partial charge in [-0.05, 0) is 43.3 Å². The summed E-state index contributed by atoms with van der Waals surface area (Å²) in [5, 5.41) is 21.1. The third-order valence-corrected chi connectivity index (χ3v) is 4.61. The highest BCUT2D eigenvalue weighted by atomic mass is 16.2. The first kappa shape index (κ1) is 18.9. The average Bonchev–Trinajstić information content (AvgIpc) is 2.75. The molecule has 1 fully saturated rings. The first-order chi connectivity index (χ1) is 13.6. The van der Waals surface area contributed by atoms with Crippen molar-refractivity contribution in [2.45, 2.75) is 6.92 Å². The van der Waals surface area contributed by atoms with Gasteiger partial charge >= 0.3 is 0 Å². The predicted molar refractivity (Wildman–Crippen MR) is 108 cm³/mol. The molecule has 1 saturated heterocycles. The molecule has 0 aromatic heterocycles. The first-order valence-electron chi connectivity index (χ1n) is 8.95. The van der Waals surface area contributed by atoms with Gasteiger partial charge in [0, 0.05) is 37.4 Å². The Kier molecular flexibility index (Phi) is 5.88. The van der Waals surface area contributed by atoms with Crippen molar-refractivity contribution in [1.29, 1.82) is 10.5 Å². The fourth-order valence-corrected chi connectivity index (χ4v) is 2.99. The zero-order valence-electron chi connectivity index (χ0n) is 15.6. The lowest BCUT2D eigenvalue weighted by Crippen LogP contribution is -2.48. The summed E-state index contributed by atoms with van der Waals surface area (Å²) in [6.07, 6.45) is 0. The fraction of sp³-hybridized carbons (Fsp3) is 0.238. The van der Waals surface area contributed by atoms with Crippen molar-refractivity contribution in [3.63, 3.8) is 0 Å². The van der Waals surface area contributed by atoms with Gasteiger partial charge in [0.2, 0.25) is 5.71 Å². The van der Waals surface area contributed by atoms with Crippen molar-refractivity contribution < 1.29 is 4.79 Å². The number of carbonyl (C=O) groups excluding carboxylic acids is 1. The molecule has 1 aliphatic rings. The molecule has 0 aliphatic carbocycles. The highest BCUT2D eigenvalue weighted by Crippen LogP contribution is 2.20. The van der Waals surface area contributed by atoms with Crippen LogP contribution in [0.3, 0.4) is 0 Å². The van der Waals surface area contributed by atoms with Gasteiger partial charge in [-0.3, -0.25) is 10.2 Å². The lowest BCUT2D eigenvalue weighted by atomic mass is 10.1. The molecule has 0 atom stereocenters. The van der Waals surface area contributed by atoms with Crippen molar-refractivity contribution in [1.82, 2.24) is 4.90 Å². The molecule has 7 nitrogen and oxygen atoms in total. The number of rotatable bonds is 4. The van der Waals surface area contributed by atoms with E-state index >= 15 is 0 Å². The van der Waals surface area contributed by atoms with Gasteiger partial charge < -0.3 is 9.80 Å². The molecule has 140 valence electrons. The minimum Gasteiger partial charge on any atom is -0.368 e. The summed E-state index contributed by atoms with van der Waals surface area (Å²) in [6.45, 7) is 4.87. The second-order valence-electron chi connectivity index (χ2n) is 6.49. The maximum absolute atomic E-state index is 12.6. The molecule has 1 N–H and O–H groups in total. The van der Waals surface area contributed by atoms with Gasteiger partial charge in [-0.1, -0.05) is 17.7 Å². The molecule has 0 radical (unpaired) electrons. The van der Waals surface area contributed by atoms with E-state index in [9.17, 15) is 4.79 Å². The summed E-state index contributed by atoms with van der Waals surface area (Å²) >= 11 is 0. The second kappa shape index (κ2) is 8.70. The molecule has 1 amide bonds. The summed E-state index contributed by atoms with van der Waals surface area (Å²) in [5.74, 6) is 0.0721. The number of benzene rings is 2. The van der Waals surface area contributed by atoms with Crippen LogP contribution in [-0.4, -0.2) is 42.7 Å². The van der Waals surface area contributed by atoms with E-state index in [1.54, 1.807) is 12.1 Å². The molecule has 0 spiro atoms. The lowest BCUT2D eigenvalue weighted by Gasteiger charge is -2.36. The van der Waals surface area contributed by atoms with Crippen LogP contribution in [0, 0.1) is 29.6 Å². The Morgan fingerprint density at radius 2 is 1.57 bits per heavy atom. The number of anilines is 2. The Balaban J connectivity index is 1.57. The third-order valence-electron chi connectivity index (χ3n) is 4.61. The number of hydrogen-bond donors (Lipinski definition) is 1. The highest BCUT2D eigenvalue weighted by molar-refractivity contribution is 6.10. The van der Waals surface area contributed by atoms with E-state index < -0.39 is 0 Å². The minimum atomic E-state index is -0.224. The largest absolute Gasteiger partial charge is 0.368 e. The molecule has 7 heteroatoms. The third kappa shape index (κ3) is 4.46. The Bertz CT molecular complexity index is 926. The van der Waals surface area contributed by atoms with E-state index in [2.05, 4.69) is 15.4 Å². The Labute approximate surface area is 164 Å². The van der Waals surface area contributed by atoms with Crippen molar-refractivity contribution in [3.8, 4) is 12.1 Å². The molecular formula is C21H20N6O. The topological polar surface area (TPSA) is 95.5 Å². The number of nitriles is 2. The van der Waals surface area contributed by atoms with E-state index in [1.807, 2.05) is 60.4 Å². The van der Waals surface area contributed by atoms with Gasteiger partial charge in [0.25, 0.3) is 5.91 Å². The second-order valence-corrected chi connectivity index (χ2v) is 6.49. The summed E-state index contributed by atoms with van der Waals surface area (Å²) in [5.41, 5.74) is 6.08. The minimum absolute atomic E-state index is 0.0721. The summed E-state index contributed by atoms with van der Waals surface area (Å²) in [4.78, 5) is 16.7. The van der Waals surface area contributed by atoms with Crippen LogP contribution in [0.2, 0.25) is 0 Å². The van der Waals surface area contributed by atoms with Crippen LogP contribution in [0.15, 0.2) is 53.6 Å². The van der Waals surface area contributed by atoms with Gasteiger partial charge in [0.1, 0.15) is 12.1 Å². The number of piperazine rings is 1. The maximum atomic E-state index is 12.6. The number of carbonyl (C=O) groups is 1. The van der Waals surface area contributed by atoms with Crippen molar-refractivity contribution in [3.05, 3.63) is 59.7 Å². The van der Waals surface area contributed by atoms with Gasteiger partial charge in [-0.25, -0.2) is 0 Å². The van der Waals surface area contributed by atoms with Gasteiger partial charge in [-0.15, -0.1) is 0 Å². The number of hydrogen-bond acceptors (Lipinski definition) is 6. The Hall–Kier alpha value is -3.84. The van der Waals surface area contributed by atoms with Crippen LogP contribution in [-0.2, 0) is 0 Å². The number of aryl methyl sites for hydroxylation is 1. The standard InChI is InChI=1S/C21H20N6O/c1-16-2-4-17(5-3-16)21(28)27-12-10-26(11-13-27)20-8-6-18(7-9-20)24-25-19(14-22)15-23/h2-9,24H,10-13H2,1H3. The summed E-state index contributed by atoms with van der Waals surface area (Å²) < 4.78 is 0. The first-order valence-corrected chi connectivity index (χ1v) is 8.95. The molecule has 2 aromatic rings. The van der Waals surface area contributed by atoms with Crippen molar-refractivity contribution >= 4 is 23.0 Å². The predicted octanol–water partition coefficient (Wildman–Crippen LogP) is 2.77. The normalized spacial score (nSPS) is 13.2. The van der Waals surface area contributed by atoms with E-state index in [-0.39, 0.29) is 11.6 Å². The van der Waals surface area contributed by atoms with Gasteiger partial charge in [-0.2, -0.15) is 15.6 Å². The molecule has 0 saturated carbocycles. The van der Waals surface area contributed by atoms with E-state index in [0.29, 0.717) is 18.8 Å². The van der Waals surface area contributed by atoms with E-state index in [4.69, 9.17) is 10.5 Å². The molecule has 3 rings (SSSR count). The van der Waals surface area contributed by atoms with Crippen molar-refractivity contribution in [2.75, 3.05) is 36.5 Å². The zero-order valence-corrected chi connectivity index (χ0v) is 15.6. The molecule has 28 heavy (non-hydrogen) atoms. The molecule has 0 unspecified atom stereocenters. The smallest absolute Gasteiger partial charge is 0.253 e. The van der Waals surface area contributed by atoms with Crippen LogP contribution in [0.5, 0.6) is 0 Å². The van der Waals surface area contributed by atoms with Crippen LogP contribution < -0.4 is 10.3 Å². The van der Waals surface area contributed by atoms with Crippen LogP contribution in [0.1, 0.15) is 15.9 Å². The molecule has 2 aromatic carbocycles. The van der Waals surface area contributed by atoms with Crippen molar-refractivity contribution in [2.24, 2.45) is 5.10 Å². The van der Waals surface area contributed by atoms with E-state index in [0.717, 1.165) is 29.9 Å². The quantitative estimate of drug-likeness (QED) is 0.658. The maximum Gasteiger partial charge on any atom is 0.253 e. The van der Waals surface area contributed by atoms with Crippen LogP contribution in [0.4, 0.5) is 11.4 Å². The number of hydrazone groups is 1. The molecule has 1 heterocycles. The average molecular weight is 372 g/mol. The SMILES string of the molecule is Cc1ccc(C(=O)N2CCN(c3ccc(NN=C(C#N)C#N)cc3)CC2)cc1.